The Bertz CT molecular complexity index is 1140. The lowest BCUT2D eigenvalue weighted by Gasteiger charge is -2.33. The normalized spacial score (nSPS) is 18.0. The van der Waals surface area contributed by atoms with Gasteiger partial charge in [-0.15, -0.1) is 0 Å². The van der Waals surface area contributed by atoms with E-state index in [1.54, 1.807) is 34.1 Å². The molecule has 0 N–H and O–H groups in total. The molecule has 4 rings (SSSR count). The molecule has 9 heteroatoms. The third-order valence-electron chi connectivity index (χ3n) is 5.68. The number of rotatable bonds is 5. The summed E-state index contributed by atoms with van der Waals surface area (Å²) in [7, 11) is -3.57. The molecule has 2 amide bonds. The van der Waals surface area contributed by atoms with E-state index in [0.717, 1.165) is 12.0 Å². The van der Waals surface area contributed by atoms with Crippen LogP contribution < -0.4 is 4.90 Å². The molecular weight excluding hydrogens is 450 g/mol. The summed E-state index contributed by atoms with van der Waals surface area (Å²) >= 11 is 6.28. The van der Waals surface area contributed by atoms with Gasteiger partial charge in [-0.05, 0) is 36.3 Å². The maximum atomic E-state index is 13.0. The van der Waals surface area contributed by atoms with E-state index in [1.165, 1.54) is 9.71 Å². The van der Waals surface area contributed by atoms with E-state index in [0.29, 0.717) is 29.2 Å². The number of benzene rings is 2. The molecule has 0 radical (unpaired) electrons. The Labute approximate surface area is 192 Å². The molecular formula is C23H24ClN3O4S. The maximum Gasteiger partial charge on any atom is 0.254 e. The Balaban J connectivity index is 1.41. The molecule has 0 unspecified atom stereocenters. The molecule has 0 atom stereocenters. The Kier molecular flexibility index (Phi) is 6.64. The van der Waals surface area contributed by atoms with Gasteiger partial charge in [0, 0.05) is 50.1 Å². The summed E-state index contributed by atoms with van der Waals surface area (Å²) < 4.78 is 26.7. The highest BCUT2D eigenvalue weighted by Gasteiger charge is 2.29. The smallest absolute Gasteiger partial charge is 0.254 e. The molecule has 2 aromatic rings. The quantitative estimate of drug-likeness (QED) is 0.668. The van der Waals surface area contributed by atoms with Crippen LogP contribution in [0.5, 0.6) is 0 Å². The summed E-state index contributed by atoms with van der Waals surface area (Å²) in [6.07, 6.45) is 2.81. The molecule has 7 nitrogen and oxygen atoms in total. The van der Waals surface area contributed by atoms with Gasteiger partial charge in [-0.25, -0.2) is 8.42 Å². The molecule has 0 aliphatic carbocycles. The predicted octanol–water partition coefficient (Wildman–Crippen LogP) is 3.23. The summed E-state index contributed by atoms with van der Waals surface area (Å²) in [5, 5.41) is 1.64. The fourth-order valence-electron chi connectivity index (χ4n) is 3.90. The summed E-state index contributed by atoms with van der Waals surface area (Å²) in [6, 6.07) is 14.1. The number of nitrogens with zero attached hydrogens (tertiary/aromatic N) is 3. The minimum absolute atomic E-state index is 0.00104. The van der Waals surface area contributed by atoms with Gasteiger partial charge in [-0.1, -0.05) is 41.9 Å². The van der Waals surface area contributed by atoms with E-state index in [9.17, 15) is 18.0 Å². The number of carbonyl (C=O) groups excluding carboxylic acids is 2. The van der Waals surface area contributed by atoms with Crippen molar-refractivity contribution in [2.45, 2.75) is 12.8 Å². The van der Waals surface area contributed by atoms with Gasteiger partial charge in [0.05, 0.1) is 10.7 Å². The van der Waals surface area contributed by atoms with Crippen molar-refractivity contribution >= 4 is 45.2 Å². The molecule has 0 saturated carbocycles. The lowest BCUT2D eigenvalue weighted by molar-refractivity contribution is -0.117. The molecule has 2 aliphatic rings. The van der Waals surface area contributed by atoms with E-state index in [2.05, 4.69) is 0 Å². The van der Waals surface area contributed by atoms with E-state index in [-0.39, 0.29) is 38.0 Å². The first-order valence-corrected chi connectivity index (χ1v) is 12.4. The second-order valence-electron chi connectivity index (χ2n) is 7.76. The van der Waals surface area contributed by atoms with Gasteiger partial charge < -0.3 is 9.80 Å². The largest absolute Gasteiger partial charge is 0.336 e. The maximum absolute atomic E-state index is 13.0. The summed E-state index contributed by atoms with van der Waals surface area (Å²) in [6.45, 7) is 1.61. The Morgan fingerprint density at radius 3 is 2.34 bits per heavy atom. The summed E-state index contributed by atoms with van der Waals surface area (Å²) in [5.74, 6) is -0.203. The number of amides is 2. The minimum atomic E-state index is -3.57. The number of piperazine rings is 1. The first kappa shape index (κ1) is 22.5. The topological polar surface area (TPSA) is 78.0 Å². The Morgan fingerprint density at radius 2 is 1.69 bits per heavy atom. The second kappa shape index (κ2) is 9.44. The standard InChI is InChI=1S/C23H24ClN3O4S/c24-20-9-8-19(17-21(20)27-11-4-7-22(27)28)23(29)25-12-14-26(15-13-25)32(30,31)16-10-18-5-2-1-3-6-18/h1-3,5-6,8-10,16-17H,4,7,11-15H2. The second-order valence-corrected chi connectivity index (χ2v) is 9.99. The zero-order chi connectivity index (χ0) is 22.7. The number of hydrogen-bond acceptors (Lipinski definition) is 4. The molecule has 32 heavy (non-hydrogen) atoms. The average molecular weight is 474 g/mol. The monoisotopic (exact) mass is 473 g/mol. The third-order valence-corrected chi connectivity index (χ3v) is 7.56. The highest BCUT2D eigenvalue weighted by atomic mass is 35.5. The van der Waals surface area contributed by atoms with Crippen LogP contribution in [-0.4, -0.2) is 62.2 Å². The fraction of sp³-hybridized carbons (Fsp3) is 0.304. The third kappa shape index (κ3) is 4.87. The van der Waals surface area contributed by atoms with Crippen LogP contribution in [0.15, 0.2) is 53.9 Å². The number of carbonyl (C=O) groups is 2. The first-order chi connectivity index (χ1) is 15.3. The van der Waals surface area contributed by atoms with Crippen LogP contribution in [0, 0.1) is 0 Å². The highest BCUT2D eigenvalue weighted by Crippen LogP contribution is 2.31. The molecule has 2 saturated heterocycles. The van der Waals surface area contributed by atoms with Gasteiger partial charge in [0.2, 0.25) is 15.9 Å². The van der Waals surface area contributed by atoms with Gasteiger partial charge in [-0.3, -0.25) is 9.59 Å². The van der Waals surface area contributed by atoms with Gasteiger partial charge in [-0.2, -0.15) is 4.31 Å². The van der Waals surface area contributed by atoms with Crippen molar-refractivity contribution in [1.29, 1.82) is 0 Å². The summed E-state index contributed by atoms with van der Waals surface area (Å²) in [5.41, 5.74) is 1.79. The van der Waals surface area contributed by atoms with Crippen molar-refractivity contribution in [3.63, 3.8) is 0 Å². The van der Waals surface area contributed by atoms with Crippen LogP contribution in [0.2, 0.25) is 5.02 Å². The van der Waals surface area contributed by atoms with Crippen molar-refractivity contribution in [3.05, 3.63) is 70.1 Å². The van der Waals surface area contributed by atoms with Gasteiger partial charge in [0.15, 0.2) is 0 Å². The van der Waals surface area contributed by atoms with E-state index in [4.69, 9.17) is 11.6 Å². The molecule has 168 valence electrons. The fourth-order valence-corrected chi connectivity index (χ4v) is 5.29. The van der Waals surface area contributed by atoms with Crippen molar-refractivity contribution in [1.82, 2.24) is 9.21 Å². The number of halogens is 1. The van der Waals surface area contributed by atoms with Gasteiger partial charge in [0.1, 0.15) is 0 Å². The van der Waals surface area contributed by atoms with Crippen LogP contribution >= 0.6 is 11.6 Å². The minimum Gasteiger partial charge on any atom is -0.336 e. The molecule has 0 bridgehead atoms. The molecule has 0 spiro atoms. The van der Waals surface area contributed by atoms with Crippen LogP contribution in [0.4, 0.5) is 5.69 Å². The molecule has 2 aliphatic heterocycles. The van der Waals surface area contributed by atoms with Gasteiger partial charge in [0.25, 0.3) is 5.91 Å². The average Bonchev–Trinajstić information content (AvgIpc) is 3.24. The molecule has 2 fully saturated rings. The highest BCUT2D eigenvalue weighted by molar-refractivity contribution is 7.92. The number of anilines is 1. The zero-order valence-corrected chi connectivity index (χ0v) is 19.1. The van der Waals surface area contributed by atoms with Crippen LogP contribution in [0.3, 0.4) is 0 Å². The SMILES string of the molecule is O=C(c1ccc(Cl)c(N2CCCC2=O)c1)N1CCN(S(=O)(=O)C=Cc2ccccc2)CC1. The van der Waals surface area contributed by atoms with E-state index < -0.39 is 10.0 Å². The van der Waals surface area contributed by atoms with E-state index >= 15 is 0 Å². The first-order valence-electron chi connectivity index (χ1n) is 10.5. The van der Waals surface area contributed by atoms with Crippen molar-refractivity contribution in [2.24, 2.45) is 0 Å². The van der Waals surface area contributed by atoms with Gasteiger partial charge >= 0.3 is 0 Å². The van der Waals surface area contributed by atoms with Crippen molar-refractivity contribution < 1.29 is 18.0 Å². The van der Waals surface area contributed by atoms with E-state index in [1.807, 2.05) is 30.3 Å². The molecule has 2 heterocycles. The van der Waals surface area contributed by atoms with Crippen LogP contribution in [0.1, 0.15) is 28.8 Å². The number of hydrogen-bond donors (Lipinski definition) is 0. The predicted molar refractivity (Wildman–Crippen MR) is 125 cm³/mol. The lowest BCUT2D eigenvalue weighted by Crippen LogP contribution is -2.50. The Hall–Kier alpha value is -2.68. The van der Waals surface area contributed by atoms with Crippen molar-refractivity contribution in [2.75, 3.05) is 37.6 Å². The molecule has 2 aromatic carbocycles. The van der Waals surface area contributed by atoms with Crippen LogP contribution in [-0.2, 0) is 14.8 Å². The molecule has 0 aromatic heterocycles. The Morgan fingerprint density at radius 1 is 0.969 bits per heavy atom. The summed E-state index contributed by atoms with van der Waals surface area (Å²) in [4.78, 5) is 28.4. The van der Waals surface area contributed by atoms with Crippen LogP contribution in [0.25, 0.3) is 6.08 Å². The number of sulfonamides is 1. The lowest BCUT2D eigenvalue weighted by atomic mass is 10.1. The van der Waals surface area contributed by atoms with Crippen molar-refractivity contribution in [3.8, 4) is 0 Å². The zero-order valence-electron chi connectivity index (χ0n) is 17.5.